The molecule has 0 spiro atoms. The molecule has 3 heterocycles. The van der Waals surface area contributed by atoms with Crippen molar-refractivity contribution in [3.8, 4) is 0 Å². The number of hydrogen-bond donors (Lipinski definition) is 0. The van der Waals surface area contributed by atoms with E-state index >= 15 is 0 Å². The topological polar surface area (TPSA) is 57.6 Å². The molecule has 0 saturated carbocycles. The summed E-state index contributed by atoms with van der Waals surface area (Å²) in [5.74, 6) is -0.868. The fraction of sp³-hybridized carbons (Fsp3) is 0.484. The minimum absolute atomic E-state index is 0.0365. The average molecular weight is 657 g/mol. The number of benzene rings is 2. The Hall–Kier alpha value is -3.20. The van der Waals surface area contributed by atoms with Gasteiger partial charge in [-0.25, -0.2) is 0 Å². The predicted octanol–water partition coefficient (Wildman–Crippen LogP) is 6.03. The standard InChI is InChI=1S/C31H34F6N4O3S/c1-21(38-44-13-10-39-8-11-43-12-9-39)18-40-6-7-41(26(19-40)16-23-20-45-28-5-3-2-4-27(23)28)29(42)22-14-24(30(32,33)34)17-25(15-22)31(35,36)37/h2-5,14-15,17,20,26H,6-13,16,18-19H2,1H3/b38-21+. The van der Waals surface area contributed by atoms with Crippen LogP contribution in [0.3, 0.4) is 0 Å². The van der Waals surface area contributed by atoms with Gasteiger partial charge in [-0.05, 0) is 53.9 Å². The lowest BCUT2D eigenvalue weighted by Gasteiger charge is -2.41. The lowest BCUT2D eigenvalue weighted by atomic mass is 9.98. The second-order valence-electron chi connectivity index (χ2n) is 11.3. The average Bonchev–Trinajstić information content (AvgIpc) is 3.41. The smallest absolute Gasteiger partial charge is 0.394 e. The van der Waals surface area contributed by atoms with E-state index in [0.29, 0.717) is 63.7 Å². The number of oxime groups is 1. The van der Waals surface area contributed by atoms with Crippen molar-refractivity contribution in [2.24, 2.45) is 5.16 Å². The number of halogens is 6. The van der Waals surface area contributed by atoms with Crippen LogP contribution in [0.1, 0.15) is 34.0 Å². The van der Waals surface area contributed by atoms with Crippen LogP contribution in [-0.2, 0) is 28.3 Å². The van der Waals surface area contributed by atoms with Gasteiger partial charge in [-0.1, -0.05) is 23.4 Å². The number of amides is 1. The SMILES string of the molecule is C/C(CN1CCN(C(=O)c2cc(C(F)(F)F)cc(C(F)(F)F)c2)C(Cc2csc3ccccc23)C1)=N\OCCN1CCOCC1. The lowest BCUT2D eigenvalue weighted by molar-refractivity contribution is -0.143. The maximum absolute atomic E-state index is 13.7. The van der Waals surface area contributed by atoms with E-state index in [1.807, 2.05) is 36.6 Å². The molecule has 0 aliphatic carbocycles. The number of thiophene rings is 1. The molecule has 2 aromatic carbocycles. The highest BCUT2D eigenvalue weighted by molar-refractivity contribution is 7.17. The molecular formula is C31H34F6N4O3S. The Morgan fingerprint density at radius 1 is 0.978 bits per heavy atom. The molecule has 2 aliphatic rings. The molecule has 1 aromatic heterocycles. The minimum Gasteiger partial charge on any atom is -0.394 e. The first-order valence-corrected chi connectivity index (χ1v) is 15.5. The number of fused-ring (bicyclic) bond motifs is 1. The number of hydrogen-bond acceptors (Lipinski definition) is 7. The van der Waals surface area contributed by atoms with Gasteiger partial charge in [0, 0.05) is 62.1 Å². The van der Waals surface area contributed by atoms with Crippen molar-refractivity contribution in [2.75, 3.05) is 65.6 Å². The highest BCUT2D eigenvalue weighted by Crippen LogP contribution is 2.37. The van der Waals surface area contributed by atoms with Crippen molar-refractivity contribution >= 4 is 33.0 Å². The molecule has 2 saturated heterocycles. The molecule has 0 bridgehead atoms. The van der Waals surface area contributed by atoms with E-state index < -0.39 is 41.0 Å². The van der Waals surface area contributed by atoms with E-state index in [1.54, 1.807) is 0 Å². The number of piperazine rings is 1. The molecule has 45 heavy (non-hydrogen) atoms. The van der Waals surface area contributed by atoms with Gasteiger partial charge in [0.05, 0.1) is 30.1 Å². The Morgan fingerprint density at radius 3 is 2.36 bits per heavy atom. The largest absolute Gasteiger partial charge is 0.416 e. The second kappa shape index (κ2) is 14.1. The Morgan fingerprint density at radius 2 is 1.67 bits per heavy atom. The Kier molecular flexibility index (Phi) is 10.4. The molecular weight excluding hydrogens is 622 g/mol. The fourth-order valence-corrected chi connectivity index (χ4v) is 6.67. The van der Waals surface area contributed by atoms with Gasteiger partial charge in [-0.2, -0.15) is 26.3 Å². The molecule has 2 fully saturated rings. The van der Waals surface area contributed by atoms with Crippen molar-refractivity contribution in [1.82, 2.24) is 14.7 Å². The first-order valence-electron chi connectivity index (χ1n) is 14.6. The van der Waals surface area contributed by atoms with Gasteiger partial charge < -0.3 is 14.5 Å². The first-order chi connectivity index (χ1) is 21.4. The van der Waals surface area contributed by atoms with Crippen molar-refractivity contribution in [1.29, 1.82) is 0 Å². The molecule has 2 aliphatic heterocycles. The Bertz CT molecular complexity index is 1470. The van der Waals surface area contributed by atoms with E-state index in [4.69, 9.17) is 9.57 Å². The normalized spacial score (nSPS) is 19.3. The van der Waals surface area contributed by atoms with E-state index in [9.17, 15) is 31.1 Å². The summed E-state index contributed by atoms with van der Waals surface area (Å²) in [5.41, 5.74) is -2.00. The van der Waals surface area contributed by atoms with Crippen LogP contribution in [0.4, 0.5) is 26.3 Å². The van der Waals surface area contributed by atoms with Gasteiger partial charge in [0.15, 0.2) is 0 Å². The van der Waals surface area contributed by atoms with Gasteiger partial charge in [0.2, 0.25) is 0 Å². The van der Waals surface area contributed by atoms with Crippen LogP contribution in [0.2, 0.25) is 0 Å². The highest BCUT2D eigenvalue weighted by atomic mass is 32.1. The molecule has 1 atom stereocenters. The molecule has 5 rings (SSSR count). The van der Waals surface area contributed by atoms with Crippen LogP contribution in [0.25, 0.3) is 10.1 Å². The maximum atomic E-state index is 13.7. The number of rotatable bonds is 9. The molecule has 244 valence electrons. The Labute approximate surface area is 261 Å². The number of alkyl halides is 6. The minimum atomic E-state index is -5.05. The van der Waals surface area contributed by atoms with Crippen molar-refractivity contribution in [3.63, 3.8) is 0 Å². The van der Waals surface area contributed by atoms with Crippen LogP contribution >= 0.6 is 11.3 Å². The van der Waals surface area contributed by atoms with Crippen LogP contribution in [0.15, 0.2) is 53.0 Å². The first kappa shape index (κ1) is 33.2. The number of carbonyl (C=O) groups is 1. The van der Waals surface area contributed by atoms with Crippen LogP contribution in [0.5, 0.6) is 0 Å². The lowest BCUT2D eigenvalue weighted by Crippen LogP contribution is -2.56. The highest BCUT2D eigenvalue weighted by Gasteiger charge is 2.39. The molecule has 0 radical (unpaired) electrons. The third-order valence-corrected chi connectivity index (χ3v) is 8.97. The fourth-order valence-electron chi connectivity index (χ4n) is 5.70. The summed E-state index contributed by atoms with van der Waals surface area (Å²) in [5, 5.41) is 7.21. The van der Waals surface area contributed by atoms with Gasteiger partial charge >= 0.3 is 12.4 Å². The third-order valence-electron chi connectivity index (χ3n) is 7.95. The van der Waals surface area contributed by atoms with Gasteiger partial charge in [-0.3, -0.25) is 14.6 Å². The maximum Gasteiger partial charge on any atom is 0.416 e. The molecule has 0 N–H and O–H groups in total. The van der Waals surface area contributed by atoms with Gasteiger partial charge in [0.25, 0.3) is 5.91 Å². The number of morpholine rings is 1. The zero-order valence-electron chi connectivity index (χ0n) is 24.7. The molecule has 1 amide bonds. The van der Waals surface area contributed by atoms with Gasteiger partial charge in [0.1, 0.15) is 6.61 Å². The van der Waals surface area contributed by atoms with E-state index in [0.717, 1.165) is 35.3 Å². The molecule has 7 nitrogen and oxygen atoms in total. The number of ether oxygens (including phenoxy) is 1. The summed E-state index contributed by atoms with van der Waals surface area (Å²) in [6.07, 6.45) is -9.72. The van der Waals surface area contributed by atoms with E-state index in [2.05, 4.69) is 15.0 Å². The summed E-state index contributed by atoms with van der Waals surface area (Å²) in [6, 6.07) is 8.28. The second-order valence-corrected chi connectivity index (χ2v) is 12.2. The molecule has 14 heteroatoms. The summed E-state index contributed by atoms with van der Waals surface area (Å²) in [4.78, 5) is 24.9. The monoisotopic (exact) mass is 656 g/mol. The molecule has 1 unspecified atom stereocenters. The quantitative estimate of drug-likeness (QED) is 0.122. The summed E-state index contributed by atoms with van der Waals surface area (Å²) >= 11 is 1.54. The van der Waals surface area contributed by atoms with Crippen molar-refractivity contribution < 1.29 is 40.7 Å². The van der Waals surface area contributed by atoms with Crippen molar-refractivity contribution in [3.05, 3.63) is 70.1 Å². The van der Waals surface area contributed by atoms with Crippen LogP contribution in [0, 0.1) is 0 Å². The summed E-state index contributed by atoms with van der Waals surface area (Å²) in [6.45, 7) is 7.30. The number of carbonyl (C=O) groups excluding carboxylic acids is 1. The zero-order valence-corrected chi connectivity index (χ0v) is 25.5. The Balaban J connectivity index is 1.34. The van der Waals surface area contributed by atoms with Crippen LogP contribution < -0.4 is 0 Å². The predicted molar refractivity (Wildman–Crippen MR) is 160 cm³/mol. The third kappa shape index (κ3) is 8.54. The zero-order chi connectivity index (χ0) is 32.2. The summed E-state index contributed by atoms with van der Waals surface area (Å²) in [7, 11) is 0. The molecule has 3 aromatic rings. The number of nitrogens with zero attached hydrogens (tertiary/aromatic N) is 4. The van der Waals surface area contributed by atoms with E-state index in [1.165, 1.54) is 16.2 Å². The van der Waals surface area contributed by atoms with Crippen molar-refractivity contribution in [2.45, 2.75) is 31.7 Å². The summed E-state index contributed by atoms with van der Waals surface area (Å²) < 4.78 is 87.8. The van der Waals surface area contributed by atoms with Crippen LogP contribution in [-0.4, -0.2) is 98.0 Å². The van der Waals surface area contributed by atoms with E-state index in [-0.39, 0.29) is 12.6 Å². The van der Waals surface area contributed by atoms with Gasteiger partial charge in [-0.15, -0.1) is 11.3 Å².